The number of aromatic amines is 1. The second-order valence-corrected chi connectivity index (χ2v) is 5.24. The van der Waals surface area contributed by atoms with E-state index >= 15 is 0 Å². The second kappa shape index (κ2) is 5.94. The molecule has 8 nitrogen and oxygen atoms in total. The maximum absolute atomic E-state index is 11.8. The van der Waals surface area contributed by atoms with Crippen LogP contribution in [0.25, 0.3) is 0 Å². The van der Waals surface area contributed by atoms with Crippen molar-refractivity contribution in [1.82, 2.24) is 14.9 Å². The molecule has 0 aromatic carbocycles. The van der Waals surface area contributed by atoms with Crippen LogP contribution in [0.5, 0.6) is 0 Å². The highest BCUT2D eigenvalue weighted by atomic mass is 32.2. The molecular formula is C9H15N3O5S. The van der Waals surface area contributed by atoms with Crippen molar-refractivity contribution in [3.05, 3.63) is 11.8 Å². The molecule has 3 N–H and O–H groups in total. The molecule has 0 unspecified atom stereocenters. The monoisotopic (exact) mass is 277 g/mol. The maximum atomic E-state index is 11.8. The SMILES string of the molecule is CCOC(=O)c1cn[nH]c1S(=O)(=O)NC[C@@H](C)O. The lowest BCUT2D eigenvalue weighted by atomic mass is 10.4. The molecule has 1 atom stereocenters. The first-order chi connectivity index (χ1) is 8.38. The third kappa shape index (κ3) is 3.52. The highest BCUT2D eigenvalue weighted by Gasteiger charge is 2.25. The van der Waals surface area contributed by atoms with Gasteiger partial charge in [0.15, 0.2) is 5.03 Å². The lowest BCUT2D eigenvalue weighted by Gasteiger charge is -2.08. The maximum Gasteiger partial charge on any atom is 0.342 e. The number of aliphatic hydroxyl groups excluding tert-OH is 1. The summed E-state index contributed by atoms with van der Waals surface area (Å²) in [6.07, 6.45) is 0.239. The number of esters is 1. The Bertz CT molecular complexity index is 508. The molecule has 0 aliphatic heterocycles. The quantitative estimate of drug-likeness (QED) is 0.588. The average molecular weight is 277 g/mol. The Morgan fingerprint density at radius 2 is 2.33 bits per heavy atom. The van der Waals surface area contributed by atoms with Gasteiger partial charge in [0.2, 0.25) is 0 Å². The van der Waals surface area contributed by atoms with Crippen LogP contribution in [0.1, 0.15) is 24.2 Å². The van der Waals surface area contributed by atoms with Crippen LogP contribution in [0.4, 0.5) is 0 Å². The number of carbonyl (C=O) groups excluding carboxylic acids is 1. The van der Waals surface area contributed by atoms with Gasteiger partial charge in [-0.25, -0.2) is 17.9 Å². The third-order valence-electron chi connectivity index (χ3n) is 1.94. The summed E-state index contributed by atoms with van der Waals surface area (Å²) in [4.78, 5) is 11.5. The zero-order valence-corrected chi connectivity index (χ0v) is 10.8. The fourth-order valence-electron chi connectivity index (χ4n) is 1.14. The van der Waals surface area contributed by atoms with Gasteiger partial charge < -0.3 is 9.84 Å². The summed E-state index contributed by atoms with van der Waals surface area (Å²) in [5.41, 5.74) is -0.171. The number of ether oxygens (including phenoxy) is 1. The number of hydrogen-bond acceptors (Lipinski definition) is 6. The molecule has 1 rings (SSSR count). The molecule has 0 aliphatic rings. The predicted molar refractivity (Wildman–Crippen MR) is 61.4 cm³/mol. The molecular weight excluding hydrogens is 262 g/mol. The van der Waals surface area contributed by atoms with Crippen LogP contribution in [-0.2, 0) is 14.8 Å². The van der Waals surface area contributed by atoms with E-state index in [1.54, 1.807) is 6.92 Å². The summed E-state index contributed by atoms with van der Waals surface area (Å²) in [5.74, 6) is -0.774. The summed E-state index contributed by atoms with van der Waals surface area (Å²) in [6.45, 7) is 3.01. The van der Waals surface area contributed by atoms with Crippen molar-refractivity contribution < 1.29 is 23.1 Å². The van der Waals surface area contributed by atoms with Crippen LogP contribution in [-0.4, -0.2) is 48.9 Å². The minimum absolute atomic E-state index is 0.130. The number of nitrogens with one attached hydrogen (secondary N) is 2. The lowest BCUT2D eigenvalue weighted by molar-refractivity contribution is 0.0522. The molecule has 0 fully saturated rings. The molecule has 1 heterocycles. The fourth-order valence-corrected chi connectivity index (χ4v) is 2.34. The summed E-state index contributed by atoms with van der Waals surface area (Å²) in [6, 6.07) is 0. The Morgan fingerprint density at radius 3 is 2.89 bits per heavy atom. The molecule has 18 heavy (non-hydrogen) atoms. The van der Waals surface area contributed by atoms with Gasteiger partial charge in [-0.2, -0.15) is 5.10 Å². The Morgan fingerprint density at radius 1 is 1.67 bits per heavy atom. The van der Waals surface area contributed by atoms with E-state index < -0.39 is 22.1 Å². The van der Waals surface area contributed by atoms with Crippen LogP contribution in [0.3, 0.4) is 0 Å². The van der Waals surface area contributed by atoms with Crippen LogP contribution in [0, 0.1) is 0 Å². The minimum Gasteiger partial charge on any atom is -0.462 e. The van der Waals surface area contributed by atoms with E-state index in [4.69, 9.17) is 9.84 Å². The first-order valence-corrected chi connectivity index (χ1v) is 6.75. The van der Waals surface area contributed by atoms with E-state index in [9.17, 15) is 13.2 Å². The summed E-state index contributed by atoms with van der Waals surface area (Å²) < 4.78 is 30.5. The molecule has 102 valence electrons. The number of aliphatic hydroxyl groups is 1. The van der Waals surface area contributed by atoms with E-state index in [1.165, 1.54) is 6.92 Å². The van der Waals surface area contributed by atoms with Crippen molar-refractivity contribution in [2.24, 2.45) is 0 Å². The van der Waals surface area contributed by atoms with E-state index in [1.807, 2.05) is 0 Å². The van der Waals surface area contributed by atoms with Crippen molar-refractivity contribution in [3.63, 3.8) is 0 Å². The number of sulfonamides is 1. The molecule has 9 heteroatoms. The zero-order valence-electron chi connectivity index (χ0n) is 10.0. The van der Waals surface area contributed by atoms with E-state index in [0.717, 1.165) is 6.20 Å². The number of hydrogen-bond donors (Lipinski definition) is 3. The molecule has 0 amide bonds. The van der Waals surface area contributed by atoms with Gasteiger partial charge in [0, 0.05) is 6.54 Å². The average Bonchev–Trinajstić information content (AvgIpc) is 2.76. The standard InChI is InChI=1S/C9H15N3O5S/c1-3-17-9(14)7-5-10-12-8(7)18(15,16)11-4-6(2)13/h5-6,11,13H,3-4H2,1-2H3,(H,10,12)/t6-/m1/s1. The van der Waals surface area contributed by atoms with Crippen molar-refractivity contribution in [2.45, 2.75) is 25.0 Å². The number of aromatic nitrogens is 2. The number of H-pyrrole nitrogens is 1. The van der Waals surface area contributed by atoms with Gasteiger partial charge in [-0.15, -0.1) is 0 Å². The first-order valence-electron chi connectivity index (χ1n) is 5.26. The molecule has 0 radical (unpaired) electrons. The second-order valence-electron chi connectivity index (χ2n) is 3.53. The van der Waals surface area contributed by atoms with Crippen LogP contribution >= 0.6 is 0 Å². The van der Waals surface area contributed by atoms with Crippen molar-refractivity contribution in [3.8, 4) is 0 Å². The smallest absolute Gasteiger partial charge is 0.342 e. The Hall–Kier alpha value is -1.45. The third-order valence-corrected chi connectivity index (χ3v) is 3.33. The molecule has 0 bridgehead atoms. The molecule has 0 spiro atoms. The topological polar surface area (TPSA) is 121 Å². The van der Waals surface area contributed by atoms with Gasteiger partial charge in [0.1, 0.15) is 5.56 Å². The molecule has 0 saturated heterocycles. The number of rotatable bonds is 6. The normalized spacial score (nSPS) is 13.3. The highest BCUT2D eigenvalue weighted by molar-refractivity contribution is 7.89. The van der Waals surface area contributed by atoms with Gasteiger partial charge in [0.25, 0.3) is 10.0 Å². The Balaban J connectivity index is 2.96. The summed E-state index contributed by atoms with van der Waals surface area (Å²) in [5, 5.41) is 14.4. The highest BCUT2D eigenvalue weighted by Crippen LogP contribution is 2.12. The minimum atomic E-state index is -3.93. The van der Waals surface area contributed by atoms with Crippen LogP contribution in [0.15, 0.2) is 11.2 Å². The molecule has 1 aromatic rings. The van der Waals surface area contributed by atoms with Crippen molar-refractivity contribution >= 4 is 16.0 Å². The van der Waals surface area contributed by atoms with E-state index in [-0.39, 0.29) is 23.7 Å². The van der Waals surface area contributed by atoms with Gasteiger partial charge in [-0.05, 0) is 13.8 Å². The van der Waals surface area contributed by atoms with Gasteiger partial charge in [-0.3, -0.25) is 5.10 Å². The van der Waals surface area contributed by atoms with Gasteiger partial charge in [-0.1, -0.05) is 0 Å². The van der Waals surface area contributed by atoms with E-state index in [0.29, 0.717) is 0 Å². The van der Waals surface area contributed by atoms with Crippen molar-refractivity contribution in [2.75, 3.05) is 13.2 Å². The first kappa shape index (κ1) is 14.6. The largest absolute Gasteiger partial charge is 0.462 e. The summed E-state index contributed by atoms with van der Waals surface area (Å²) in [7, 11) is -3.93. The fraction of sp³-hybridized carbons (Fsp3) is 0.556. The lowest BCUT2D eigenvalue weighted by Crippen LogP contribution is -2.31. The van der Waals surface area contributed by atoms with Crippen molar-refractivity contribution in [1.29, 1.82) is 0 Å². The van der Waals surface area contributed by atoms with Gasteiger partial charge in [0.05, 0.1) is 18.9 Å². The number of nitrogens with zero attached hydrogens (tertiary/aromatic N) is 1. The number of carbonyl (C=O) groups is 1. The molecule has 0 aliphatic carbocycles. The zero-order chi connectivity index (χ0) is 13.8. The Kier molecular flexibility index (Phi) is 4.82. The molecule has 0 saturated carbocycles. The van der Waals surface area contributed by atoms with E-state index in [2.05, 4.69) is 14.9 Å². The van der Waals surface area contributed by atoms with Gasteiger partial charge >= 0.3 is 5.97 Å². The van der Waals surface area contributed by atoms with Crippen LogP contribution in [0.2, 0.25) is 0 Å². The Labute approximate surface area is 104 Å². The van der Waals surface area contributed by atoms with Crippen LogP contribution < -0.4 is 4.72 Å². The molecule has 1 aromatic heterocycles. The predicted octanol–water partition coefficient (Wildman–Crippen LogP) is -0.754. The summed E-state index contributed by atoms with van der Waals surface area (Å²) >= 11 is 0.